The van der Waals surface area contributed by atoms with Crippen LogP contribution in [0, 0.1) is 12.3 Å². The largest absolute Gasteiger partial charge is 0.494 e. The second kappa shape index (κ2) is 6.45. The van der Waals surface area contributed by atoms with Gasteiger partial charge in [0.15, 0.2) is 0 Å². The highest BCUT2D eigenvalue weighted by Crippen LogP contribution is 2.33. The van der Waals surface area contributed by atoms with Gasteiger partial charge >= 0.3 is 0 Å². The summed E-state index contributed by atoms with van der Waals surface area (Å²) in [5, 5.41) is 0.730. The third-order valence-corrected chi connectivity index (χ3v) is 2.80. The van der Waals surface area contributed by atoms with Crippen LogP contribution in [0.2, 0.25) is 5.02 Å². The Hall–Kier alpha value is -1.13. The summed E-state index contributed by atoms with van der Waals surface area (Å²) in [6.45, 7) is 4.75. The van der Waals surface area contributed by atoms with Crippen molar-refractivity contribution >= 4 is 11.6 Å². The van der Waals surface area contributed by atoms with E-state index in [-0.39, 0.29) is 0 Å². The maximum atomic E-state index is 6.01. The first-order chi connectivity index (χ1) is 7.72. The molecule has 1 atom stereocenters. The molecule has 0 bridgehead atoms. The molecule has 2 heteroatoms. The Labute approximate surface area is 103 Å². The molecule has 0 aliphatic carbocycles. The van der Waals surface area contributed by atoms with Crippen molar-refractivity contribution in [3.8, 4) is 18.1 Å². The fourth-order valence-corrected chi connectivity index (χ4v) is 1.92. The Balaban J connectivity index is 3.07. The van der Waals surface area contributed by atoms with E-state index in [0.29, 0.717) is 12.5 Å². The molecule has 0 saturated carbocycles. The molecule has 0 aliphatic heterocycles. The molecular formula is C14H17ClO. The summed E-state index contributed by atoms with van der Waals surface area (Å²) >= 11 is 6.01. The van der Waals surface area contributed by atoms with Gasteiger partial charge in [0.2, 0.25) is 0 Å². The van der Waals surface area contributed by atoms with Gasteiger partial charge in [-0.3, -0.25) is 0 Å². The summed E-state index contributed by atoms with van der Waals surface area (Å²) in [6.07, 6.45) is 7.09. The Morgan fingerprint density at radius 2 is 2.19 bits per heavy atom. The van der Waals surface area contributed by atoms with Crippen LogP contribution in [-0.4, -0.2) is 6.61 Å². The van der Waals surface area contributed by atoms with Crippen LogP contribution < -0.4 is 4.74 Å². The highest BCUT2D eigenvalue weighted by atomic mass is 35.5. The van der Waals surface area contributed by atoms with Gasteiger partial charge in [0.05, 0.1) is 6.61 Å². The average Bonchev–Trinajstić information content (AvgIpc) is 2.29. The van der Waals surface area contributed by atoms with Crippen molar-refractivity contribution in [3.63, 3.8) is 0 Å². The summed E-state index contributed by atoms with van der Waals surface area (Å²) in [5.41, 5.74) is 1.12. The molecule has 0 aromatic heterocycles. The first kappa shape index (κ1) is 12.9. The first-order valence-corrected chi connectivity index (χ1v) is 5.96. The third-order valence-electron chi connectivity index (χ3n) is 2.57. The molecule has 0 spiro atoms. The lowest BCUT2D eigenvalue weighted by Gasteiger charge is -2.17. The van der Waals surface area contributed by atoms with Crippen LogP contribution in [0.4, 0.5) is 0 Å². The highest BCUT2D eigenvalue weighted by molar-refractivity contribution is 6.30. The SMILES string of the molecule is C#CCC(CC)c1cc(Cl)ccc1OCC. The van der Waals surface area contributed by atoms with Crippen LogP contribution in [0.3, 0.4) is 0 Å². The Morgan fingerprint density at radius 3 is 2.75 bits per heavy atom. The van der Waals surface area contributed by atoms with Gasteiger partial charge in [-0.05, 0) is 43.0 Å². The minimum absolute atomic E-state index is 0.324. The maximum absolute atomic E-state index is 6.01. The minimum Gasteiger partial charge on any atom is -0.494 e. The molecule has 0 aliphatic rings. The van der Waals surface area contributed by atoms with E-state index in [1.807, 2.05) is 25.1 Å². The quantitative estimate of drug-likeness (QED) is 0.695. The number of halogens is 1. The molecule has 1 nitrogen and oxygen atoms in total. The lowest BCUT2D eigenvalue weighted by atomic mass is 9.93. The van der Waals surface area contributed by atoms with Crippen molar-refractivity contribution in [1.29, 1.82) is 0 Å². The zero-order valence-electron chi connectivity index (χ0n) is 9.79. The molecule has 0 saturated heterocycles. The average molecular weight is 237 g/mol. The second-order valence-corrected chi connectivity index (χ2v) is 4.07. The smallest absolute Gasteiger partial charge is 0.122 e. The van der Waals surface area contributed by atoms with Gasteiger partial charge in [-0.15, -0.1) is 12.3 Å². The molecule has 0 radical (unpaired) electrons. The van der Waals surface area contributed by atoms with E-state index in [1.54, 1.807) is 0 Å². The third kappa shape index (κ3) is 3.18. The van der Waals surface area contributed by atoms with E-state index >= 15 is 0 Å². The summed E-state index contributed by atoms with van der Waals surface area (Å²) in [7, 11) is 0. The molecule has 0 heterocycles. The summed E-state index contributed by atoms with van der Waals surface area (Å²) in [6, 6.07) is 5.72. The topological polar surface area (TPSA) is 9.23 Å². The second-order valence-electron chi connectivity index (χ2n) is 3.63. The molecular weight excluding hydrogens is 220 g/mol. The predicted octanol–water partition coefficient (Wildman–Crippen LogP) is 4.26. The lowest BCUT2D eigenvalue weighted by Crippen LogP contribution is -2.02. The van der Waals surface area contributed by atoms with E-state index in [4.69, 9.17) is 22.8 Å². The molecule has 0 amide bonds. The minimum atomic E-state index is 0.324. The van der Waals surface area contributed by atoms with Crippen LogP contribution >= 0.6 is 11.6 Å². The number of rotatable bonds is 5. The fraction of sp³-hybridized carbons (Fsp3) is 0.429. The van der Waals surface area contributed by atoms with E-state index in [9.17, 15) is 0 Å². The fourth-order valence-electron chi connectivity index (χ4n) is 1.74. The van der Waals surface area contributed by atoms with Crippen molar-refractivity contribution in [3.05, 3.63) is 28.8 Å². The molecule has 0 fully saturated rings. The monoisotopic (exact) mass is 236 g/mol. The molecule has 1 unspecified atom stereocenters. The Bertz CT molecular complexity index is 379. The van der Waals surface area contributed by atoms with Gasteiger partial charge < -0.3 is 4.74 Å². The summed E-state index contributed by atoms with van der Waals surface area (Å²) in [4.78, 5) is 0. The molecule has 16 heavy (non-hydrogen) atoms. The summed E-state index contributed by atoms with van der Waals surface area (Å²) < 4.78 is 5.59. The number of hydrogen-bond acceptors (Lipinski definition) is 1. The van der Waals surface area contributed by atoms with E-state index in [1.165, 1.54) is 0 Å². The van der Waals surface area contributed by atoms with Gasteiger partial charge in [0.1, 0.15) is 5.75 Å². The zero-order valence-corrected chi connectivity index (χ0v) is 10.6. The van der Waals surface area contributed by atoms with Crippen molar-refractivity contribution in [2.45, 2.75) is 32.6 Å². The van der Waals surface area contributed by atoms with Gasteiger partial charge in [-0.2, -0.15) is 0 Å². The van der Waals surface area contributed by atoms with Gasteiger partial charge in [-0.1, -0.05) is 18.5 Å². The van der Waals surface area contributed by atoms with Crippen LogP contribution in [0.15, 0.2) is 18.2 Å². The highest BCUT2D eigenvalue weighted by Gasteiger charge is 2.14. The normalized spacial score (nSPS) is 11.9. The number of terminal acetylenes is 1. The predicted molar refractivity (Wildman–Crippen MR) is 69.1 cm³/mol. The molecule has 1 aromatic carbocycles. The lowest BCUT2D eigenvalue weighted by molar-refractivity contribution is 0.333. The maximum Gasteiger partial charge on any atom is 0.122 e. The van der Waals surface area contributed by atoms with E-state index in [0.717, 1.165) is 29.2 Å². The van der Waals surface area contributed by atoms with Crippen molar-refractivity contribution < 1.29 is 4.74 Å². The van der Waals surface area contributed by atoms with Crippen LogP contribution in [0.25, 0.3) is 0 Å². The van der Waals surface area contributed by atoms with Gasteiger partial charge in [-0.25, -0.2) is 0 Å². The Kier molecular flexibility index (Phi) is 5.22. The standard InChI is InChI=1S/C14H17ClO/c1-4-7-11(5-2)13-10-12(15)8-9-14(13)16-6-3/h1,8-11H,5-7H2,2-3H3. The molecule has 86 valence electrons. The molecule has 0 N–H and O–H groups in total. The van der Waals surface area contributed by atoms with Crippen LogP contribution in [0.5, 0.6) is 5.75 Å². The van der Waals surface area contributed by atoms with Crippen LogP contribution in [-0.2, 0) is 0 Å². The van der Waals surface area contributed by atoms with E-state index in [2.05, 4.69) is 12.8 Å². The summed E-state index contributed by atoms with van der Waals surface area (Å²) in [5.74, 6) is 3.93. The number of hydrogen-bond donors (Lipinski definition) is 0. The molecule has 1 aromatic rings. The number of ether oxygens (including phenoxy) is 1. The Morgan fingerprint density at radius 1 is 1.44 bits per heavy atom. The van der Waals surface area contributed by atoms with E-state index < -0.39 is 0 Å². The van der Waals surface area contributed by atoms with Gasteiger partial charge in [0, 0.05) is 11.4 Å². The van der Waals surface area contributed by atoms with Gasteiger partial charge in [0.25, 0.3) is 0 Å². The zero-order chi connectivity index (χ0) is 12.0. The molecule has 1 rings (SSSR count). The number of benzene rings is 1. The van der Waals surface area contributed by atoms with Crippen molar-refractivity contribution in [2.24, 2.45) is 0 Å². The van der Waals surface area contributed by atoms with Crippen molar-refractivity contribution in [2.75, 3.05) is 6.61 Å². The van der Waals surface area contributed by atoms with Crippen molar-refractivity contribution in [1.82, 2.24) is 0 Å². The van der Waals surface area contributed by atoms with Crippen LogP contribution in [0.1, 0.15) is 38.2 Å². The first-order valence-electron chi connectivity index (χ1n) is 5.58.